The third kappa shape index (κ3) is 12.1. The molecule has 2 aliphatic rings. The average Bonchev–Trinajstić information content (AvgIpc) is 2.27. The van der Waals surface area contributed by atoms with E-state index in [2.05, 4.69) is 366 Å². The quantitative estimate of drug-likeness (QED) is 0.139. The molecule has 412 valence electrons. The lowest BCUT2D eigenvalue weighted by atomic mass is 9.81. The molecule has 0 bridgehead atoms. The van der Waals surface area contributed by atoms with E-state index in [1.165, 1.54) is 100 Å². The third-order valence-corrected chi connectivity index (χ3v) is 17.8. The van der Waals surface area contributed by atoms with Crippen LogP contribution in [0.3, 0.4) is 0 Å². The van der Waals surface area contributed by atoms with Crippen LogP contribution in [0, 0.1) is 0 Å². The van der Waals surface area contributed by atoms with Gasteiger partial charge in [0.15, 0.2) is 0 Å². The molecule has 12 aromatic carbocycles. The normalized spacial score (nSPS) is 12.6. The molecule has 0 spiro atoms. The first-order valence-electron chi connectivity index (χ1n) is 28.3. The predicted molar refractivity (Wildman–Crippen MR) is 370 cm³/mol. The summed E-state index contributed by atoms with van der Waals surface area (Å²) in [6.45, 7) is 9.31. The van der Waals surface area contributed by atoms with Crippen molar-refractivity contribution in [3.8, 4) is 66.8 Å². The number of fused-ring (bicyclic) bond motifs is 6. The molecule has 84 heavy (non-hydrogen) atoms. The van der Waals surface area contributed by atoms with E-state index >= 15 is 0 Å². The van der Waals surface area contributed by atoms with Gasteiger partial charge in [-0.3, -0.25) is 0 Å². The van der Waals surface area contributed by atoms with E-state index in [4.69, 9.17) is 0 Å². The molecule has 0 aliphatic heterocycles. The monoisotopic (exact) mass is 1280 g/mol. The molecule has 14 rings (SSSR count). The lowest BCUT2D eigenvalue weighted by molar-refractivity contribution is 0.660. The van der Waals surface area contributed by atoms with Gasteiger partial charge in [-0.05, 0) is 179 Å². The van der Waals surface area contributed by atoms with Gasteiger partial charge in [0.05, 0.1) is 0 Å². The maximum Gasteiger partial charge on any atom is 0.0479 e. The highest BCUT2D eigenvalue weighted by molar-refractivity contribution is 9.11. The van der Waals surface area contributed by atoms with E-state index in [1.54, 1.807) is 0 Å². The van der Waals surface area contributed by atoms with Crippen molar-refractivity contribution in [2.75, 3.05) is 4.90 Å². The zero-order valence-corrected chi connectivity index (χ0v) is 51.8. The van der Waals surface area contributed by atoms with E-state index in [0.717, 1.165) is 36.9 Å². The van der Waals surface area contributed by atoms with Gasteiger partial charge < -0.3 is 4.90 Å². The smallest absolute Gasteiger partial charge is 0.0479 e. The van der Waals surface area contributed by atoms with Crippen LogP contribution in [0.1, 0.15) is 68.5 Å². The zero-order valence-electron chi connectivity index (χ0n) is 47.0. The zero-order chi connectivity index (χ0) is 57.1. The maximum atomic E-state index is 3.85. The van der Waals surface area contributed by atoms with Gasteiger partial charge in [0.1, 0.15) is 0 Å². The van der Waals surface area contributed by atoms with Crippen molar-refractivity contribution in [2.45, 2.75) is 52.4 Å². The van der Waals surface area contributed by atoms with Crippen LogP contribution in [0.4, 0.5) is 17.1 Å². The second kappa shape index (κ2) is 25.0. The molecule has 0 N–H and O–H groups in total. The Morgan fingerprint density at radius 3 is 1.10 bits per heavy atom. The Bertz CT molecular complexity index is 4210. The van der Waals surface area contributed by atoms with Crippen molar-refractivity contribution >= 4 is 64.9 Å². The van der Waals surface area contributed by atoms with Crippen LogP contribution in [0.5, 0.6) is 0 Å². The fraction of sp³-hybridized carbons (Fsp3) is 0.100. The minimum atomic E-state index is -0.0344. The Balaban J connectivity index is 0.000000144. The molecular formula is C80H66Br3N. The molecule has 12 aromatic rings. The summed E-state index contributed by atoms with van der Waals surface area (Å²) in [7, 11) is 0. The molecule has 0 fully saturated rings. The van der Waals surface area contributed by atoms with Crippen LogP contribution in [0.15, 0.2) is 305 Å². The van der Waals surface area contributed by atoms with E-state index in [1.807, 2.05) is 6.07 Å². The van der Waals surface area contributed by atoms with Gasteiger partial charge in [-0.25, -0.2) is 0 Å². The first-order chi connectivity index (χ1) is 40.4. The molecule has 0 saturated heterocycles. The molecule has 0 radical (unpaired) electrons. The van der Waals surface area contributed by atoms with E-state index in [0.29, 0.717) is 0 Å². The molecule has 0 unspecified atom stereocenters. The van der Waals surface area contributed by atoms with Gasteiger partial charge in [0.2, 0.25) is 0 Å². The number of hydrogen-bond donors (Lipinski definition) is 0. The molecule has 0 saturated carbocycles. The van der Waals surface area contributed by atoms with Crippen LogP contribution in [-0.4, -0.2) is 0 Å². The second-order valence-electron chi connectivity index (χ2n) is 22.5. The van der Waals surface area contributed by atoms with Crippen LogP contribution in [-0.2, 0) is 17.3 Å². The van der Waals surface area contributed by atoms with E-state index in [9.17, 15) is 0 Å². The molecule has 0 aromatic heterocycles. The lowest BCUT2D eigenvalue weighted by Gasteiger charge is -2.27. The first kappa shape index (κ1) is 57.7. The van der Waals surface area contributed by atoms with Gasteiger partial charge in [0.25, 0.3) is 0 Å². The number of benzene rings is 12. The Kier molecular flexibility index (Phi) is 17.2. The number of para-hydroxylation sites is 1. The Morgan fingerprint density at radius 2 is 0.607 bits per heavy atom. The van der Waals surface area contributed by atoms with Crippen molar-refractivity contribution in [1.82, 2.24) is 0 Å². The maximum absolute atomic E-state index is 3.85. The molecule has 1 nitrogen and oxygen atoms in total. The minimum absolute atomic E-state index is 0. The van der Waals surface area contributed by atoms with Crippen molar-refractivity contribution in [3.05, 3.63) is 338 Å². The van der Waals surface area contributed by atoms with Gasteiger partial charge in [0, 0.05) is 41.3 Å². The summed E-state index contributed by atoms with van der Waals surface area (Å²) in [5.41, 5.74) is 27.0. The molecule has 0 heterocycles. The number of halogens is 3. The van der Waals surface area contributed by atoms with Gasteiger partial charge in [-0.1, -0.05) is 301 Å². The summed E-state index contributed by atoms with van der Waals surface area (Å²) in [6.07, 6.45) is 0.996. The third-order valence-electron chi connectivity index (χ3n) is 16.4. The minimum Gasteiger partial charge on any atom is -0.310 e. The number of rotatable bonds is 9. The highest BCUT2D eigenvalue weighted by atomic mass is 79.9. The molecule has 4 heteroatoms. The highest BCUT2D eigenvalue weighted by Gasteiger charge is 2.36. The summed E-state index contributed by atoms with van der Waals surface area (Å²) in [4.78, 5) is 2.33. The number of hydrogen-bond acceptors (Lipinski definition) is 1. The van der Waals surface area contributed by atoms with Crippen molar-refractivity contribution < 1.29 is 0 Å². The van der Waals surface area contributed by atoms with Crippen LogP contribution >= 0.6 is 47.8 Å². The molecule has 2 aliphatic carbocycles. The molecule has 0 atom stereocenters. The highest BCUT2D eigenvalue weighted by Crippen LogP contribution is 2.51. The van der Waals surface area contributed by atoms with Gasteiger partial charge >= 0.3 is 0 Å². The van der Waals surface area contributed by atoms with E-state index in [-0.39, 0.29) is 18.3 Å². The number of nitrogens with zero attached hydrogens (tertiary/aromatic N) is 1. The average molecular weight is 1280 g/mol. The lowest BCUT2D eigenvalue weighted by Crippen LogP contribution is -2.14. The van der Waals surface area contributed by atoms with Gasteiger partial charge in [-0.15, -0.1) is 0 Å². The first-order valence-corrected chi connectivity index (χ1v) is 30.7. The summed E-state index contributed by atoms with van der Waals surface area (Å²) in [6, 6.07) is 104. The number of anilines is 3. The van der Waals surface area contributed by atoms with Crippen LogP contribution < -0.4 is 4.90 Å². The molecule has 0 amide bonds. The van der Waals surface area contributed by atoms with Gasteiger partial charge in [-0.2, -0.15) is 0 Å². The summed E-state index contributed by atoms with van der Waals surface area (Å²) < 4.78 is 3.23. The SMILES string of the molecule is C.CC1(C)c2ccccc2-c2ccc(-c3cc(Br)cc(Br)c3)cc21.CC1(C)c2ccccc2-c2ccc(-c3cc(Br)cc(N(c4ccccc4)c4ccc(-c5ccccc5)cc4)c3)cc21.c1ccc(Cc2ccc(-c3ccccc3)cc2)cc1. The molecular weight excluding hydrogens is 1210 g/mol. The fourth-order valence-corrected chi connectivity index (χ4v) is 13.9. The Labute approximate surface area is 522 Å². The van der Waals surface area contributed by atoms with E-state index < -0.39 is 0 Å². The summed E-state index contributed by atoms with van der Waals surface area (Å²) >= 11 is 11.0. The Hall–Kier alpha value is -8.12. The van der Waals surface area contributed by atoms with Crippen LogP contribution in [0.25, 0.3) is 66.8 Å². The Morgan fingerprint density at radius 1 is 0.262 bits per heavy atom. The topological polar surface area (TPSA) is 3.24 Å². The second-order valence-corrected chi connectivity index (χ2v) is 25.3. The summed E-state index contributed by atoms with van der Waals surface area (Å²) in [5.74, 6) is 0. The van der Waals surface area contributed by atoms with Crippen molar-refractivity contribution in [3.63, 3.8) is 0 Å². The van der Waals surface area contributed by atoms with Crippen LogP contribution in [0.2, 0.25) is 0 Å². The van der Waals surface area contributed by atoms with Crippen molar-refractivity contribution in [2.24, 2.45) is 0 Å². The summed E-state index contributed by atoms with van der Waals surface area (Å²) in [5, 5.41) is 0. The predicted octanol–water partition coefficient (Wildman–Crippen LogP) is 24.3. The largest absolute Gasteiger partial charge is 0.310 e. The standard InChI is InChI=1S/C39H30BrN.C21H16Br2.C19H16.CH4/c1-39(2)37-16-10-9-15-35(37)36-22-19-29(25-38(36)39)30-23-31(40)26-34(24-30)41(32-13-7-4-8-14-32)33-20-17-28(18-21-33)27-11-5-3-6-12-27;1-21(2)19-6-4-3-5-17(19)18-8-7-13(11-20(18)21)14-9-15(22)12-16(23)10-14;1-3-7-16(8-4-1)15-17-11-13-19(14-12-17)18-9-5-2-6-10-18;/h3-26H,1-2H3;3-12H,1-2H3;1-14H,15H2;1H4. The fourth-order valence-electron chi connectivity index (χ4n) is 12.1. The van der Waals surface area contributed by atoms with Crippen molar-refractivity contribution in [1.29, 1.82) is 0 Å².